The number of nitrogens with one attached hydrogen (secondary N) is 1. The van der Waals surface area contributed by atoms with E-state index in [9.17, 15) is 15.0 Å². The summed E-state index contributed by atoms with van der Waals surface area (Å²) in [6.07, 6.45) is 1.51. The fourth-order valence-corrected chi connectivity index (χ4v) is 1.53. The molecular weight excluding hydrogens is 236 g/mol. The lowest BCUT2D eigenvalue weighted by Crippen LogP contribution is -2.34. The van der Waals surface area contributed by atoms with Crippen LogP contribution in [0.1, 0.15) is 23.7 Å². The second kappa shape index (κ2) is 6.32. The van der Waals surface area contributed by atoms with Gasteiger partial charge in [0.05, 0.1) is 19.4 Å². The van der Waals surface area contributed by atoms with Crippen LogP contribution in [0.3, 0.4) is 0 Å². The Bertz CT molecular complexity index is 434. The quantitative estimate of drug-likeness (QED) is 0.652. The second-order valence-corrected chi connectivity index (χ2v) is 3.98. The molecule has 0 aromatic carbocycles. The van der Waals surface area contributed by atoms with Crippen molar-refractivity contribution in [1.29, 1.82) is 0 Å². The topological polar surface area (TPSA) is 91.7 Å². The van der Waals surface area contributed by atoms with Gasteiger partial charge in [-0.2, -0.15) is 0 Å². The number of pyridine rings is 1. The molecule has 0 saturated heterocycles. The summed E-state index contributed by atoms with van der Waals surface area (Å²) >= 11 is 0. The zero-order valence-corrected chi connectivity index (χ0v) is 10.7. The number of rotatable bonds is 5. The van der Waals surface area contributed by atoms with Crippen LogP contribution in [0.4, 0.5) is 0 Å². The Kier molecular flexibility index (Phi) is 5.06. The minimum Gasteiger partial charge on any atom is -0.506 e. The summed E-state index contributed by atoms with van der Waals surface area (Å²) in [5.74, 6) is -0.350. The Morgan fingerprint density at radius 1 is 1.61 bits per heavy atom. The second-order valence-electron chi connectivity index (χ2n) is 3.98. The molecule has 1 rings (SSSR count). The average Bonchev–Trinajstić information content (AvgIpc) is 2.38. The maximum atomic E-state index is 11.2. The van der Waals surface area contributed by atoms with Gasteiger partial charge >= 0.3 is 5.97 Å². The molecule has 0 bridgehead atoms. The average molecular weight is 254 g/mol. The summed E-state index contributed by atoms with van der Waals surface area (Å²) in [6, 6.07) is -0.491. The highest BCUT2D eigenvalue weighted by Gasteiger charge is 2.16. The van der Waals surface area contributed by atoms with Crippen LogP contribution in [0, 0.1) is 6.92 Å². The molecule has 3 N–H and O–H groups in total. The smallest absolute Gasteiger partial charge is 0.322 e. The third kappa shape index (κ3) is 3.18. The van der Waals surface area contributed by atoms with E-state index in [2.05, 4.69) is 15.0 Å². The molecule has 0 fully saturated rings. The van der Waals surface area contributed by atoms with Gasteiger partial charge in [0.25, 0.3) is 0 Å². The molecule has 1 aromatic heterocycles. The van der Waals surface area contributed by atoms with Crippen LogP contribution in [-0.2, 0) is 22.7 Å². The molecule has 100 valence electrons. The number of aryl methyl sites for hydroxylation is 1. The number of hydrogen-bond acceptors (Lipinski definition) is 6. The zero-order valence-electron chi connectivity index (χ0n) is 10.7. The Morgan fingerprint density at radius 2 is 2.28 bits per heavy atom. The third-order valence-corrected chi connectivity index (χ3v) is 2.74. The maximum absolute atomic E-state index is 11.2. The number of aliphatic hydroxyl groups is 1. The monoisotopic (exact) mass is 254 g/mol. The molecule has 0 aliphatic heterocycles. The van der Waals surface area contributed by atoms with Crippen molar-refractivity contribution in [2.75, 3.05) is 7.11 Å². The van der Waals surface area contributed by atoms with Crippen molar-refractivity contribution in [2.24, 2.45) is 0 Å². The minimum atomic E-state index is -0.491. The highest BCUT2D eigenvalue weighted by atomic mass is 16.5. The Balaban J connectivity index is 2.84. The molecular formula is C12H18N2O4. The SMILES string of the molecule is COC(=O)C(C)NCc1c(CO)cnc(C)c1O. The number of aliphatic hydroxyl groups excluding tert-OH is 1. The van der Waals surface area contributed by atoms with Gasteiger partial charge in [0.2, 0.25) is 0 Å². The van der Waals surface area contributed by atoms with Crippen LogP contribution < -0.4 is 5.32 Å². The van der Waals surface area contributed by atoms with Crippen molar-refractivity contribution in [1.82, 2.24) is 10.3 Å². The first-order valence-corrected chi connectivity index (χ1v) is 5.59. The van der Waals surface area contributed by atoms with Gasteiger partial charge in [-0.3, -0.25) is 9.78 Å². The Hall–Kier alpha value is -1.66. The fraction of sp³-hybridized carbons (Fsp3) is 0.500. The van der Waals surface area contributed by atoms with Crippen LogP contribution >= 0.6 is 0 Å². The van der Waals surface area contributed by atoms with Gasteiger partial charge in [0.1, 0.15) is 11.8 Å². The lowest BCUT2D eigenvalue weighted by molar-refractivity contribution is -0.142. The van der Waals surface area contributed by atoms with E-state index in [1.54, 1.807) is 13.8 Å². The summed E-state index contributed by atoms with van der Waals surface area (Å²) < 4.78 is 4.59. The highest BCUT2D eigenvalue weighted by molar-refractivity contribution is 5.75. The van der Waals surface area contributed by atoms with Gasteiger partial charge in [0.15, 0.2) is 0 Å². The zero-order chi connectivity index (χ0) is 13.7. The standard InChI is InChI=1S/C12H18N2O4/c1-7-11(16)10(9(6-15)4-13-7)5-14-8(2)12(17)18-3/h4,8,14-16H,5-6H2,1-3H3. The van der Waals surface area contributed by atoms with Gasteiger partial charge in [-0.25, -0.2) is 0 Å². The maximum Gasteiger partial charge on any atom is 0.322 e. The van der Waals surface area contributed by atoms with Gasteiger partial charge in [-0.15, -0.1) is 0 Å². The normalized spacial score (nSPS) is 12.2. The molecule has 6 heteroatoms. The van der Waals surface area contributed by atoms with Crippen molar-refractivity contribution in [3.8, 4) is 5.75 Å². The first-order chi connectivity index (χ1) is 8.51. The molecule has 18 heavy (non-hydrogen) atoms. The molecule has 1 unspecified atom stereocenters. The molecule has 0 aliphatic rings. The number of aromatic hydroxyl groups is 1. The van der Waals surface area contributed by atoms with Crippen LogP contribution in [0.5, 0.6) is 5.75 Å². The largest absolute Gasteiger partial charge is 0.506 e. The summed E-state index contributed by atoms with van der Waals surface area (Å²) in [5, 5.41) is 22.0. The number of nitrogens with zero attached hydrogens (tertiary/aromatic N) is 1. The number of carbonyl (C=O) groups excluding carboxylic acids is 1. The Labute approximate surface area is 106 Å². The molecule has 0 radical (unpaired) electrons. The molecule has 1 heterocycles. The van der Waals surface area contributed by atoms with E-state index >= 15 is 0 Å². The van der Waals surface area contributed by atoms with Gasteiger partial charge < -0.3 is 20.3 Å². The van der Waals surface area contributed by atoms with Crippen LogP contribution in [0.2, 0.25) is 0 Å². The third-order valence-electron chi connectivity index (χ3n) is 2.74. The predicted molar refractivity (Wildman–Crippen MR) is 64.9 cm³/mol. The molecule has 0 amide bonds. The van der Waals surface area contributed by atoms with E-state index in [1.807, 2.05) is 0 Å². The van der Waals surface area contributed by atoms with E-state index in [0.717, 1.165) is 0 Å². The molecule has 1 atom stereocenters. The number of hydrogen-bond donors (Lipinski definition) is 3. The summed E-state index contributed by atoms with van der Waals surface area (Å²) in [4.78, 5) is 15.2. The number of aromatic nitrogens is 1. The molecule has 6 nitrogen and oxygen atoms in total. The van der Waals surface area contributed by atoms with Crippen molar-refractivity contribution in [3.63, 3.8) is 0 Å². The first kappa shape index (κ1) is 14.4. The van der Waals surface area contributed by atoms with E-state index in [1.165, 1.54) is 13.3 Å². The number of carbonyl (C=O) groups is 1. The van der Waals surface area contributed by atoms with E-state index < -0.39 is 6.04 Å². The number of ether oxygens (including phenoxy) is 1. The molecule has 0 spiro atoms. The van der Waals surface area contributed by atoms with E-state index in [-0.39, 0.29) is 24.9 Å². The van der Waals surface area contributed by atoms with Crippen molar-refractivity contribution in [3.05, 3.63) is 23.0 Å². The van der Waals surface area contributed by atoms with Crippen LogP contribution in [0.15, 0.2) is 6.20 Å². The van der Waals surface area contributed by atoms with Crippen LogP contribution in [-0.4, -0.2) is 34.3 Å². The summed E-state index contributed by atoms with van der Waals surface area (Å²) in [7, 11) is 1.31. The number of esters is 1. The molecule has 0 aliphatic carbocycles. The van der Waals surface area contributed by atoms with Crippen molar-refractivity contribution >= 4 is 5.97 Å². The molecule has 0 saturated carbocycles. The Morgan fingerprint density at radius 3 is 2.83 bits per heavy atom. The molecule has 1 aromatic rings. The fourth-order valence-electron chi connectivity index (χ4n) is 1.53. The minimum absolute atomic E-state index is 0.0334. The first-order valence-electron chi connectivity index (χ1n) is 5.59. The lowest BCUT2D eigenvalue weighted by Gasteiger charge is -2.15. The van der Waals surface area contributed by atoms with E-state index in [0.29, 0.717) is 16.8 Å². The lowest BCUT2D eigenvalue weighted by atomic mass is 10.1. The van der Waals surface area contributed by atoms with Crippen molar-refractivity contribution < 1.29 is 19.7 Å². The highest BCUT2D eigenvalue weighted by Crippen LogP contribution is 2.23. The van der Waals surface area contributed by atoms with Gasteiger partial charge in [0, 0.05) is 23.9 Å². The van der Waals surface area contributed by atoms with E-state index in [4.69, 9.17) is 0 Å². The van der Waals surface area contributed by atoms with Crippen LogP contribution in [0.25, 0.3) is 0 Å². The number of methoxy groups -OCH3 is 1. The van der Waals surface area contributed by atoms with Gasteiger partial charge in [-0.05, 0) is 13.8 Å². The summed E-state index contributed by atoms with van der Waals surface area (Å²) in [6.45, 7) is 3.37. The summed E-state index contributed by atoms with van der Waals surface area (Å²) in [5.41, 5.74) is 1.55. The van der Waals surface area contributed by atoms with Crippen molar-refractivity contribution in [2.45, 2.75) is 33.0 Å². The predicted octanol–water partition coefficient (Wildman–Crippen LogP) is 0.239. The van der Waals surface area contributed by atoms with Gasteiger partial charge in [-0.1, -0.05) is 0 Å².